The van der Waals surface area contributed by atoms with Crippen LogP contribution in [0.1, 0.15) is 43.8 Å². The fourth-order valence-electron chi connectivity index (χ4n) is 3.08. The fourth-order valence-corrected chi connectivity index (χ4v) is 3.39. The number of aromatic nitrogens is 2. The largest absolute Gasteiger partial charge is 0.481 e. The predicted octanol–water partition coefficient (Wildman–Crippen LogP) is 4.48. The van der Waals surface area contributed by atoms with Crippen molar-refractivity contribution in [3.8, 4) is 0 Å². The third-order valence-corrected chi connectivity index (χ3v) is 4.81. The normalized spacial score (nSPS) is 15.9. The summed E-state index contributed by atoms with van der Waals surface area (Å²) in [5.41, 5.74) is 1.66. The van der Waals surface area contributed by atoms with Crippen LogP contribution in [-0.2, 0) is 11.3 Å². The van der Waals surface area contributed by atoms with Crippen molar-refractivity contribution in [2.45, 2.75) is 44.6 Å². The van der Waals surface area contributed by atoms with Crippen molar-refractivity contribution in [2.75, 3.05) is 0 Å². The van der Waals surface area contributed by atoms with Crippen LogP contribution in [-0.4, -0.2) is 20.6 Å². The van der Waals surface area contributed by atoms with E-state index in [1.807, 2.05) is 4.57 Å². The van der Waals surface area contributed by atoms with Crippen LogP contribution in [0.5, 0.6) is 0 Å². The Balaban J connectivity index is 2.10. The molecule has 1 heterocycles. The van der Waals surface area contributed by atoms with E-state index in [-0.39, 0.29) is 6.42 Å². The lowest BCUT2D eigenvalue weighted by Gasteiger charge is -2.12. The number of benzene rings is 1. The van der Waals surface area contributed by atoms with Crippen molar-refractivity contribution < 1.29 is 9.90 Å². The van der Waals surface area contributed by atoms with Gasteiger partial charge in [-0.05, 0) is 25.0 Å². The van der Waals surface area contributed by atoms with Gasteiger partial charge in [-0.2, -0.15) is 0 Å². The van der Waals surface area contributed by atoms with Crippen molar-refractivity contribution in [3.63, 3.8) is 0 Å². The average molecular weight is 327 g/mol. The maximum absolute atomic E-state index is 10.9. The summed E-state index contributed by atoms with van der Waals surface area (Å²) in [6.45, 7) is 0.412. The first-order chi connectivity index (χ1) is 10.1. The van der Waals surface area contributed by atoms with E-state index in [9.17, 15) is 4.79 Å². The summed E-state index contributed by atoms with van der Waals surface area (Å²) in [5.74, 6) is 0.570. The molecule has 2 aromatic rings. The van der Waals surface area contributed by atoms with E-state index >= 15 is 0 Å². The molecule has 1 aliphatic carbocycles. The Morgan fingerprint density at radius 2 is 1.95 bits per heavy atom. The molecule has 4 nitrogen and oxygen atoms in total. The number of halogens is 2. The molecule has 0 aliphatic heterocycles. The Hall–Kier alpha value is -1.26. The predicted molar refractivity (Wildman–Crippen MR) is 83.2 cm³/mol. The molecule has 0 atom stereocenters. The van der Waals surface area contributed by atoms with Gasteiger partial charge in [0.2, 0.25) is 0 Å². The summed E-state index contributed by atoms with van der Waals surface area (Å²) < 4.78 is 2.00. The molecule has 1 fully saturated rings. The van der Waals surface area contributed by atoms with Gasteiger partial charge in [-0.3, -0.25) is 4.79 Å². The zero-order valence-electron chi connectivity index (χ0n) is 11.5. The molecule has 0 spiro atoms. The molecule has 0 bridgehead atoms. The number of aryl methyl sites for hydroxylation is 1. The first kappa shape index (κ1) is 14.7. The van der Waals surface area contributed by atoms with Crippen molar-refractivity contribution in [1.82, 2.24) is 9.55 Å². The molecule has 3 rings (SSSR count). The number of hydrogen-bond donors (Lipinski definition) is 1. The van der Waals surface area contributed by atoms with E-state index < -0.39 is 5.97 Å². The van der Waals surface area contributed by atoms with Crippen molar-refractivity contribution in [1.29, 1.82) is 0 Å². The van der Waals surface area contributed by atoms with Gasteiger partial charge in [-0.1, -0.05) is 36.0 Å². The molecule has 21 heavy (non-hydrogen) atoms. The van der Waals surface area contributed by atoms with Gasteiger partial charge in [0.25, 0.3) is 0 Å². The molecule has 1 N–H and O–H groups in total. The molecule has 112 valence electrons. The number of nitrogens with zero attached hydrogens (tertiary/aromatic N) is 2. The maximum atomic E-state index is 10.9. The van der Waals surface area contributed by atoms with Gasteiger partial charge >= 0.3 is 5.97 Å². The van der Waals surface area contributed by atoms with Crippen LogP contribution in [0.15, 0.2) is 12.1 Å². The first-order valence-electron chi connectivity index (χ1n) is 7.13. The van der Waals surface area contributed by atoms with Gasteiger partial charge < -0.3 is 9.67 Å². The molecule has 1 saturated carbocycles. The van der Waals surface area contributed by atoms with Crippen LogP contribution in [0.2, 0.25) is 10.0 Å². The molecule has 6 heteroatoms. The number of imidazole rings is 1. The van der Waals surface area contributed by atoms with E-state index in [1.54, 1.807) is 12.1 Å². The second-order valence-electron chi connectivity index (χ2n) is 5.50. The second-order valence-corrected chi connectivity index (χ2v) is 6.32. The van der Waals surface area contributed by atoms with E-state index in [2.05, 4.69) is 0 Å². The Kier molecular flexibility index (Phi) is 4.09. The Morgan fingerprint density at radius 3 is 2.62 bits per heavy atom. The zero-order chi connectivity index (χ0) is 15.0. The maximum Gasteiger partial charge on any atom is 0.305 e. The van der Waals surface area contributed by atoms with Gasteiger partial charge in [0.05, 0.1) is 27.5 Å². The second kappa shape index (κ2) is 5.85. The molecule has 1 aromatic carbocycles. The number of carboxylic acid groups (broad SMARTS) is 1. The summed E-state index contributed by atoms with van der Waals surface area (Å²) in [6, 6.07) is 3.54. The number of hydrogen-bond acceptors (Lipinski definition) is 2. The highest BCUT2D eigenvalue weighted by Gasteiger charge is 2.24. The molecule has 0 radical (unpaired) electrons. The number of carboxylic acids is 1. The molecular weight excluding hydrogens is 311 g/mol. The summed E-state index contributed by atoms with van der Waals surface area (Å²) >= 11 is 12.2. The number of fused-ring (bicyclic) bond motifs is 1. The average Bonchev–Trinajstić information content (AvgIpc) is 3.04. The third kappa shape index (κ3) is 2.87. The van der Waals surface area contributed by atoms with Crippen LogP contribution in [0.3, 0.4) is 0 Å². The minimum absolute atomic E-state index is 0.0748. The Bertz CT molecular complexity index is 691. The van der Waals surface area contributed by atoms with Gasteiger partial charge in [-0.25, -0.2) is 4.98 Å². The zero-order valence-corrected chi connectivity index (χ0v) is 13.0. The quantitative estimate of drug-likeness (QED) is 0.901. The van der Waals surface area contributed by atoms with E-state index in [0.717, 1.165) is 29.7 Å². The molecule has 1 aromatic heterocycles. The van der Waals surface area contributed by atoms with Crippen molar-refractivity contribution >= 4 is 40.2 Å². The summed E-state index contributed by atoms with van der Waals surface area (Å²) in [5, 5.41) is 9.91. The summed E-state index contributed by atoms with van der Waals surface area (Å²) in [4.78, 5) is 15.6. The Morgan fingerprint density at radius 1 is 1.29 bits per heavy atom. The molecule has 0 saturated heterocycles. The highest BCUT2D eigenvalue weighted by Crippen LogP contribution is 2.37. The monoisotopic (exact) mass is 326 g/mol. The highest BCUT2D eigenvalue weighted by atomic mass is 35.5. The van der Waals surface area contributed by atoms with E-state index in [0.29, 0.717) is 22.5 Å². The minimum atomic E-state index is -0.811. The van der Waals surface area contributed by atoms with Gasteiger partial charge in [0.15, 0.2) is 0 Å². The smallest absolute Gasteiger partial charge is 0.305 e. The van der Waals surface area contributed by atoms with Crippen molar-refractivity contribution in [2.24, 2.45) is 0 Å². The van der Waals surface area contributed by atoms with Crippen molar-refractivity contribution in [3.05, 3.63) is 28.0 Å². The lowest BCUT2D eigenvalue weighted by molar-refractivity contribution is -0.137. The van der Waals surface area contributed by atoms with Gasteiger partial charge in [0, 0.05) is 12.5 Å². The van der Waals surface area contributed by atoms with Crippen LogP contribution < -0.4 is 0 Å². The third-order valence-electron chi connectivity index (χ3n) is 4.09. The molecule has 0 amide bonds. The topological polar surface area (TPSA) is 55.1 Å². The molecule has 0 unspecified atom stereocenters. The number of aliphatic carboxylic acids is 1. The standard InChI is InChI=1S/C15H16Cl2N2O2/c16-10-7-12-13(8-11(10)17)19(6-5-14(20)21)15(18-12)9-3-1-2-4-9/h7-9H,1-6H2,(H,20,21). The number of rotatable bonds is 4. The Labute approximate surface area is 132 Å². The van der Waals surface area contributed by atoms with Crippen LogP contribution >= 0.6 is 23.2 Å². The minimum Gasteiger partial charge on any atom is -0.481 e. The molecular formula is C15H16Cl2N2O2. The SMILES string of the molecule is O=C(O)CCn1c(C2CCCC2)nc2cc(Cl)c(Cl)cc21. The van der Waals surface area contributed by atoms with Gasteiger partial charge in [0.1, 0.15) is 5.82 Å². The van der Waals surface area contributed by atoms with Crippen LogP contribution in [0.25, 0.3) is 11.0 Å². The van der Waals surface area contributed by atoms with Gasteiger partial charge in [-0.15, -0.1) is 0 Å². The fraction of sp³-hybridized carbons (Fsp3) is 0.467. The number of carbonyl (C=O) groups is 1. The lowest BCUT2D eigenvalue weighted by Crippen LogP contribution is -2.10. The van der Waals surface area contributed by atoms with Crippen LogP contribution in [0, 0.1) is 0 Å². The van der Waals surface area contributed by atoms with Crippen LogP contribution in [0.4, 0.5) is 0 Å². The summed E-state index contributed by atoms with van der Waals surface area (Å²) in [6.07, 6.45) is 4.70. The highest BCUT2D eigenvalue weighted by molar-refractivity contribution is 6.42. The first-order valence-corrected chi connectivity index (χ1v) is 7.89. The molecule has 1 aliphatic rings. The summed E-state index contributed by atoms with van der Waals surface area (Å²) in [7, 11) is 0. The van der Waals surface area contributed by atoms with E-state index in [4.69, 9.17) is 33.3 Å². The van der Waals surface area contributed by atoms with E-state index in [1.165, 1.54) is 12.8 Å². The lowest BCUT2D eigenvalue weighted by atomic mass is 10.1.